The van der Waals surface area contributed by atoms with Gasteiger partial charge in [-0.05, 0) is 11.7 Å². The van der Waals surface area contributed by atoms with Crippen molar-refractivity contribution in [2.75, 3.05) is 0 Å². The van der Waals surface area contributed by atoms with E-state index in [4.69, 9.17) is 11.6 Å². The minimum atomic E-state index is 0. The summed E-state index contributed by atoms with van der Waals surface area (Å²) >= 11 is 5.60. The summed E-state index contributed by atoms with van der Waals surface area (Å²) in [5.74, 6) is 0. The summed E-state index contributed by atoms with van der Waals surface area (Å²) in [4.78, 5) is 3.95. The van der Waals surface area contributed by atoms with E-state index in [9.17, 15) is 0 Å². The molecule has 6 heteroatoms. The third-order valence-corrected chi connectivity index (χ3v) is 1.37. The first-order valence-corrected chi connectivity index (χ1v) is 3.11. The molecular formula is C6H3AmClN3Y-. The third-order valence-electron chi connectivity index (χ3n) is 1.16. The molecule has 0 fully saturated rings. The molecule has 0 N–H and O–H groups in total. The zero-order valence-corrected chi connectivity index (χ0v) is 12.6. The van der Waals surface area contributed by atoms with E-state index in [0.29, 0.717) is 10.8 Å². The maximum atomic E-state index is 5.60. The molecule has 0 saturated heterocycles. The van der Waals surface area contributed by atoms with Gasteiger partial charge in [0, 0.05) is 53.2 Å². The summed E-state index contributed by atoms with van der Waals surface area (Å²) in [6.07, 6.45) is 3.29. The van der Waals surface area contributed by atoms with Gasteiger partial charge in [-0.15, -0.1) is 6.20 Å². The Kier molecular flexibility index (Phi) is 5.38. The first kappa shape index (κ1) is 12.4. The Morgan fingerprint density at radius 2 is 2.25 bits per heavy atom. The summed E-state index contributed by atoms with van der Waals surface area (Å²) in [5, 5.41) is 4.36. The van der Waals surface area contributed by atoms with Gasteiger partial charge in [-0.25, -0.2) is 5.10 Å². The molecule has 0 unspecified atom stereocenters. The van der Waals surface area contributed by atoms with E-state index in [1.54, 1.807) is 23.0 Å². The van der Waals surface area contributed by atoms with Gasteiger partial charge in [-0.1, -0.05) is 11.6 Å². The summed E-state index contributed by atoms with van der Waals surface area (Å²) in [5.41, 5.74) is 0.646. The van der Waals surface area contributed by atoms with Crippen molar-refractivity contribution in [1.29, 1.82) is 0 Å². The zero-order valence-electron chi connectivity index (χ0n) is 5.91. The number of rotatable bonds is 0. The molecule has 0 aliphatic carbocycles. The fourth-order valence-electron chi connectivity index (χ4n) is 0.733. The van der Waals surface area contributed by atoms with E-state index in [0.717, 1.165) is 0 Å². The van der Waals surface area contributed by atoms with E-state index in [1.807, 2.05) is 0 Å². The number of fused-ring (bicyclic) bond motifs is 1. The molecule has 0 amide bonds. The second kappa shape index (κ2) is 5.20. The molecule has 2 heterocycles. The molecule has 2 rings (SSSR count). The molecule has 2 aromatic heterocycles. The van der Waals surface area contributed by atoms with Gasteiger partial charge >= 0.3 is 0 Å². The minimum absolute atomic E-state index is 0. The summed E-state index contributed by atoms with van der Waals surface area (Å²) in [6, 6.07) is 4.49. The minimum Gasteiger partial charge on any atom is -0.404 e. The van der Waals surface area contributed by atoms with Gasteiger partial charge in [0.15, 0.2) is 0 Å². The Morgan fingerprint density at radius 1 is 1.50 bits per heavy atom. The number of hydrogen-bond donors (Lipinski definition) is 0. The summed E-state index contributed by atoms with van der Waals surface area (Å²) in [6.45, 7) is 0. The van der Waals surface area contributed by atoms with E-state index >= 15 is 0 Å². The van der Waals surface area contributed by atoms with Crippen LogP contribution >= 0.6 is 11.6 Å². The standard InChI is InChI=1S/C6H3ClN3.Am.Y/c7-5-2-4-10-6(9-5)1-3-8-10;;/h2-4H;;/q-1;;. The van der Waals surface area contributed by atoms with Crippen molar-refractivity contribution < 1.29 is 47.0 Å². The van der Waals surface area contributed by atoms with Crippen LogP contribution in [0.3, 0.4) is 0 Å². The van der Waals surface area contributed by atoms with Crippen LogP contribution in [0.5, 0.6) is 0 Å². The number of nitrogens with zero attached hydrogens (tertiary/aromatic N) is 3. The topological polar surface area (TPSA) is 30.2 Å². The van der Waals surface area contributed by atoms with E-state index < -0.39 is 0 Å². The second-order valence-electron chi connectivity index (χ2n) is 1.81. The SMILES string of the molecule is Clc1ccn2nc[c-]c2n1.[Am].[Y]. The molecule has 0 aliphatic heterocycles. The smallest absolute Gasteiger partial charge is 0.129 e. The molecule has 0 spiro atoms. The van der Waals surface area contributed by atoms with Gasteiger partial charge in [-0.2, -0.15) is 0 Å². The molecular weight excluding hydrogens is 481 g/mol. The fraction of sp³-hybridized carbons (Fsp3) is 0. The van der Waals surface area contributed by atoms with Crippen LogP contribution in [0.15, 0.2) is 18.5 Å². The molecule has 2 radical (unpaired) electrons. The van der Waals surface area contributed by atoms with Gasteiger partial charge in [0.1, 0.15) is 5.15 Å². The Bertz CT molecular complexity index is 364. The molecule has 0 aromatic carbocycles. The molecule has 3 nitrogen and oxygen atoms in total. The second-order valence-corrected chi connectivity index (χ2v) is 2.19. The molecule has 60 valence electrons. The predicted molar refractivity (Wildman–Crippen MR) is 36.8 cm³/mol. The van der Waals surface area contributed by atoms with Crippen molar-refractivity contribution in [3.05, 3.63) is 29.7 Å². The largest absolute Gasteiger partial charge is 0.404 e. The van der Waals surface area contributed by atoms with Crippen LogP contribution in [0.4, 0.5) is 0 Å². The molecule has 0 aliphatic rings. The van der Waals surface area contributed by atoms with Crippen molar-refractivity contribution in [2.45, 2.75) is 0 Å². The molecule has 0 bridgehead atoms. The van der Waals surface area contributed by atoms with Crippen molar-refractivity contribution in [3.63, 3.8) is 0 Å². The van der Waals surface area contributed by atoms with Gasteiger partial charge in [0.2, 0.25) is 0 Å². The number of aromatic nitrogens is 3. The zero-order chi connectivity index (χ0) is 6.97. The van der Waals surface area contributed by atoms with Gasteiger partial charge in [0.05, 0.1) is 0 Å². The monoisotopic (exact) mass is 482 g/mol. The average molecular weight is 484 g/mol. The van der Waals surface area contributed by atoms with Crippen molar-refractivity contribution in [3.8, 4) is 0 Å². The Balaban J connectivity index is 0.000000605. The normalized spacial score (nSPS) is 8.75. The molecule has 0 atom stereocenters. The van der Waals surface area contributed by atoms with Gasteiger partial charge < -0.3 is 6.07 Å². The van der Waals surface area contributed by atoms with E-state index in [2.05, 4.69) is 16.1 Å². The van der Waals surface area contributed by atoms with Crippen LogP contribution < -0.4 is 0 Å². The van der Waals surface area contributed by atoms with Crippen LogP contribution in [0.25, 0.3) is 5.65 Å². The van der Waals surface area contributed by atoms with Crippen LogP contribution in [0, 0.1) is 20.3 Å². The van der Waals surface area contributed by atoms with Crippen LogP contribution in [-0.2, 0) is 32.7 Å². The van der Waals surface area contributed by atoms with E-state index in [-0.39, 0.29) is 47.0 Å². The fourth-order valence-corrected chi connectivity index (χ4v) is 0.869. The number of hydrogen-bond acceptors (Lipinski definition) is 2. The van der Waals surface area contributed by atoms with Crippen molar-refractivity contribution in [1.82, 2.24) is 14.6 Å². The average Bonchev–Trinajstić information content (AvgIpc) is 2.33. The summed E-state index contributed by atoms with van der Waals surface area (Å²) < 4.78 is 1.60. The molecule has 2 aromatic rings. The first-order chi connectivity index (χ1) is 4.86. The van der Waals surface area contributed by atoms with E-state index in [1.165, 1.54) is 0 Å². The van der Waals surface area contributed by atoms with Gasteiger partial charge in [-0.3, -0.25) is 9.50 Å². The third kappa shape index (κ3) is 2.44. The van der Waals surface area contributed by atoms with Crippen LogP contribution in [0.2, 0.25) is 5.15 Å². The molecule has 12 heavy (non-hydrogen) atoms. The Hall–Kier alpha value is 0.404. The van der Waals surface area contributed by atoms with Crippen LogP contribution in [0.1, 0.15) is 0 Å². The van der Waals surface area contributed by atoms with Crippen molar-refractivity contribution in [2.24, 2.45) is 0 Å². The quantitative estimate of drug-likeness (QED) is 0.416. The maximum Gasteiger partial charge on any atom is 0.129 e. The molecule has 0 saturated carbocycles. The Morgan fingerprint density at radius 3 is 3.00 bits per heavy atom. The first-order valence-electron chi connectivity index (χ1n) is 2.74. The van der Waals surface area contributed by atoms with Gasteiger partial charge in [0.25, 0.3) is 0 Å². The van der Waals surface area contributed by atoms with Crippen molar-refractivity contribution >= 4 is 17.2 Å². The maximum absolute atomic E-state index is 5.60. The van der Waals surface area contributed by atoms with Crippen LogP contribution in [-0.4, -0.2) is 14.6 Å². The predicted octanol–water partition coefficient (Wildman–Crippen LogP) is 1.18. The summed E-state index contributed by atoms with van der Waals surface area (Å²) in [7, 11) is 0. The number of halogens is 1. The Labute approximate surface area is 108 Å².